The zero-order valence-electron chi connectivity index (χ0n) is 13.7. The number of thiophene rings is 1. The monoisotopic (exact) mass is 306 g/mol. The molecule has 2 atom stereocenters. The van der Waals surface area contributed by atoms with Crippen molar-refractivity contribution in [1.82, 2.24) is 10.2 Å². The second-order valence-electron chi connectivity index (χ2n) is 6.80. The van der Waals surface area contributed by atoms with Crippen molar-refractivity contribution in [3.05, 3.63) is 21.4 Å². The van der Waals surface area contributed by atoms with Crippen LogP contribution in [0.15, 0.2) is 6.07 Å². The van der Waals surface area contributed by atoms with Gasteiger partial charge in [-0.2, -0.15) is 0 Å². The fourth-order valence-electron chi connectivity index (χ4n) is 4.22. The number of nitrogens with one attached hydrogen (secondary N) is 1. The molecule has 0 bridgehead atoms. The first kappa shape index (κ1) is 15.5. The lowest BCUT2D eigenvalue weighted by molar-refractivity contribution is 0.0546. The molecule has 0 aromatic carbocycles. The van der Waals surface area contributed by atoms with Crippen LogP contribution in [0.5, 0.6) is 0 Å². The fraction of sp³-hybridized carbons (Fsp3) is 0.778. The van der Waals surface area contributed by atoms with Gasteiger partial charge in [0.25, 0.3) is 0 Å². The van der Waals surface area contributed by atoms with Crippen molar-refractivity contribution in [3.63, 3.8) is 0 Å². The lowest BCUT2D eigenvalue weighted by Crippen LogP contribution is -2.46. The van der Waals surface area contributed by atoms with Crippen LogP contribution in [-0.4, -0.2) is 24.0 Å². The van der Waals surface area contributed by atoms with Crippen LogP contribution in [0.1, 0.15) is 60.8 Å². The first-order valence-electron chi connectivity index (χ1n) is 8.81. The Labute approximate surface area is 133 Å². The molecule has 2 aliphatic rings. The second-order valence-corrected chi connectivity index (χ2v) is 8.14. The Morgan fingerprint density at radius 2 is 2.05 bits per heavy atom. The van der Waals surface area contributed by atoms with Crippen molar-refractivity contribution in [1.29, 1.82) is 0 Å². The van der Waals surface area contributed by atoms with Crippen LogP contribution in [-0.2, 0) is 13.1 Å². The molecule has 1 saturated heterocycles. The van der Waals surface area contributed by atoms with Crippen molar-refractivity contribution < 1.29 is 0 Å². The van der Waals surface area contributed by atoms with E-state index in [0.717, 1.165) is 25.0 Å². The van der Waals surface area contributed by atoms with Crippen LogP contribution in [0.2, 0.25) is 0 Å². The third-order valence-corrected chi connectivity index (χ3v) is 6.45. The molecule has 1 saturated carbocycles. The van der Waals surface area contributed by atoms with Crippen molar-refractivity contribution in [3.8, 4) is 0 Å². The molecule has 2 nitrogen and oxygen atoms in total. The van der Waals surface area contributed by atoms with Gasteiger partial charge in [-0.1, -0.05) is 19.8 Å². The van der Waals surface area contributed by atoms with Gasteiger partial charge in [-0.3, -0.25) is 4.90 Å². The third-order valence-electron chi connectivity index (χ3n) is 5.35. The summed E-state index contributed by atoms with van der Waals surface area (Å²) in [5.74, 6) is 0.993. The van der Waals surface area contributed by atoms with Gasteiger partial charge in [0.1, 0.15) is 0 Å². The second kappa shape index (κ2) is 7.26. The van der Waals surface area contributed by atoms with E-state index in [9.17, 15) is 0 Å². The normalized spacial score (nSPS) is 26.8. The zero-order chi connectivity index (χ0) is 14.7. The molecule has 118 valence electrons. The summed E-state index contributed by atoms with van der Waals surface area (Å²) in [4.78, 5) is 5.83. The van der Waals surface area contributed by atoms with Crippen molar-refractivity contribution in [2.24, 2.45) is 5.92 Å². The predicted octanol–water partition coefficient (Wildman–Crippen LogP) is 4.32. The highest BCUT2D eigenvalue weighted by molar-refractivity contribution is 7.12. The van der Waals surface area contributed by atoms with Crippen molar-refractivity contribution >= 4 is 11.3 Å². The van der Waals surface area contributed by atoms with E-state index in [1.54, 1.807) is 5.56 Å². The quantitative estimate of drug-likeness (QED) is 0.871. The molecule has 3 heteroatoms. The maximum atomic E-state index is 3.45. The van der Waals surface area contributed by atoms with Gasteiger partial charge in [0, 0.05) is 28.9 Å². The highest BCUT2D eigenvalue weighted by Gasteiger charge is 2.33. The van der Waals surface area contributed by atoms with Crippen LogP contribution in [0.3, 0.4) is 0 Å². The van der Waals surface area contributed by atoms with Crippen LogP contribution < -0.4 is 5.32 Å². The fourth-order valence-corrected chi connectivity index (χ4v) is 5.25. The van der Waals surface area contributed by atoms with Crippen LogP contribution in [0.25, 0.3) is 0 Å². The van der Waals surface area contributed by atoms with Gasteiger partial charge in [-0.25, -0.2) is 0 Å². The van der Waals surface area contributed by atoms with Gasteiger partial charge in [0.15, 0.2) is 0 Å². The molecule has 0 radical (unpaired) electrons. The summed E-state index contributed by atoms with van der Waals surface area (Å²) >= 11 is 1.98. The Hall–Kier alpha value is -0.380. The molecular formula is C18H30N2S. The number of hydrogen-bond donors (Lipinski definition) is 1. The first-order valence-corrected chi connectivity index (χ1v) is 9.62. The number of fused-ring (bicyclic) bond motifs is 1. The van der Waals surface area contributed by atoms with E-state index < -0.39 is 0 Å². The van der Waals surface area contributed by atoms with Gasteiger partial charge in [-0.05, 0) is 63.2 Å². The third kappa shape index (κ3) is 3.69. The summed E-state index contributed by atoms with van der Waals surface area (Å²) < 4.78 is 0. The van der Waals surface area contributed by atoms with E-state index in [4.69, 9.17) is 0 Å². The Morgan fingerprint density at radius 1 is 1.24 bits per heavy atom. The minimum Gasteiger partial charge on any atom is -0.312 e. The first-order chi connectivity index (χ1) is 10.3. The number of nitrogens with zero attached hydrogens (tertiary/aromatic N) is 1. The summed E-state index contributed by atoms with van der Waals surface area (Å²) in [5, 5.41) is 3.45. The molecule has 3 rings (SSSR count). The van der Waals surface area contributed by atoms with Crippen LogP contribution in [0.4, 0.5) is 0 Å². The van der Waals surface area contributed by atoms with Gasteiger partial charge >= 0.3 is 0 Å². The molecule has 2 heterocycles. The summed E-state index contributed by atoms with van der Waals surface area (Å²) in [6, 6.07) is 3.33. The molecule has 1 N–H and O–H groups in total. The number of aryl methyl sites for hydroxylation is 1. The zero-order valence-corrected chi connectivity index (χ0v) is 14.5. The number of rotatable bonds is 5. The number of hydrogen-bond acceptors (Lipinski definition) is 3. The van der Waals surface area contributed by atoms with Gasteiger partial charge in [-0.15, -0.1) is 11.3 Å². The van der Waals surface area contributed by atoms with E-state index in [2.05, 4.69) is 30.1 Å². The molecule has 21 heavy (non-hydrogen) atoms. The van der Waals surface area contributed by atoms with E-state index in [0.29, 0.717) is 0 Å². The molecule has 1 aliphatic heterocycles. The molecule has 2 fully saturated rings. The maximum absolute atomic E-state index is 3.45. The maximum Gasteiger partial charge on any atom is 0.0299 e. The average molecular weight is 307 g/mol. The molecule has 2 unspecified atom stereocenters. The molecule has 1 aliphatic carbocycles. The van der Waals surface area contributed by atoms with Crippen LogP contribution >= 0.6 is 11.3 Å². The van der Waals surface area contributed by atoms with Gasteiger partial charge < -0.3 is 5.32 Å². The lowest BCUT2D eigenvalue weighted by atomic mass is 9.78. The topological polar surface area (TPSA) is 15.3 Å². The minimum atomic E-state index is 0.879. The van der Waals surface area contributed by atoms with E-state index >= 15 is 0 Å². The van der Waals surface area contributed by atoms with Gasteiger partial charge in [0.05, 0.1) is 0 Å². The Balaban J connectivity index is 1.66. The Morgan fingerprint density at radius 3 is 2.90 bits per heavy atom. The summed E-state index contributed by atoms with van der Waals surface area (Å²) in [5.41, 5.74) is 1.58. The lowest BCUT2D eigenvalue weighted by Gasteiger charge is -2.44. The van der Waals surface area contributed by atoms with Crippen molar-refractivity contribution in [2.75, 3.05) is 13.1 Å². The molecule has 0 amide bonds. The standard InChI is InChI=1S/C18H30N2S/c1-3-19-12-17-11-16(14(2)21-17)13-20-10-6-8-15-7-4-5-9-18(15)20/h11,15,18-19H,3-10,12-13H2,1-2H3. The van der Waals surface area contributed by atoms with Crippen molar-refractivity contribution in [2.45, 2.75) is 71.5 Å². The van der Waals surface area contributed by atoms with Gasteiger partial charge in [0.2, 0.25) is 0 Å². The smallest absolute Gasteiger partial charge is 0.0299 e. The Kier molecular flexibility index (Phi) is 5.36. The summed E-state index contributed by atoms with van der Waals surface area (Å²) in [6.07, 6.45) is 8.74. The molecule has 0 spiro atoms. The van der Waals surface area contributed by atoms with E-state index in [1.807, 2.05) is 11.3 Å². The highest BCUT2D eigenvalue weighted by atomic mass is 32.1. The van der Waals surface area contributed by atoms with Crippen LogP contribution in [0, 0.1) is 12.8 Å². The summed E-state index contributed by atoms with van der Waals surface area (Å²) in [7, 11) is 0. The highest BCUT2D eigenvalue weighted by Crippen LogP contribution is 2.36. The largest absolute Gasteiger partial charge is 0.312 e. The summed E-state index contributed by atoms with van der Waals surface area (Å²) in [6.45, 7) is 9.08. The van der Waals surface area contributed by atoms with E-state index in [-0.39, 0.29) is 0 Å². The minimum absolute atomic E-state index is 0.879. The average Bonchev–Trinajstić information content (AvgIpc) is 2.86. The van der Waals surface area contributed by atoms with E-state index in [1.165, 1.54) is 61.4 Å². The molecule has 1 aromatic heterocycles. The molecular weight excluding hydrogens is 276 g/mol. The number of likely N-dealkylation sites (tertiary alicyclic amines) is 1. The number of piperidine rings is 1. The molecule has 1 aromatic rings. The predicted molar refractivity (Wildman–Crippen MR) is 91.8 cm³/mol. The SMILES string of the molecule is CCNCc1cc(CN2CCCC3CCCCC32)c(C)s1. The Bertz CT molecular complexity index is 452.